The van der Waals surface area contributed by atoms with E-state index in [1.165, 1.54) is 0 Å². The summed E-state index contributed by atoms with van der Waals surface area (Å²) in [6, 6.07) is 5.07. The molecule has 0 fully saturated rings. The van der Waals surface area contributed by atoms with Gasteiger partial charge in [0.2, 0.25) is 6.86 Å². The third-order valence-electron chi connectivity index (χ3n) is 1.31. The Balaban J connectivity index is 2.91. The number of ether oxygens (including phenoxy) is 1. The van der Waals surface area contributed by atoms with Crippen LogP contribution in [0.1, 0.15) is 0 Å². The van der Waals surface area contributed by atoms with Crippen LogP contribution < -0.4 is 16.0 Å². The number of rotatable bonds is 3. The topological polar surface area (TPSA) is 47.3 Å². The van der Waals surface area contributed by atoms with Gasteiger partial charge in [-0.1, -0.05) is 0 Å². The van der Waals surface area contributed by atoms with E-state index in [0.29, 0.717) is 15.9 Å². The van der Waals surface area contributed by atoms with Crippen molar-refractivity contribution in [1.29, 1.82) is 0 Å². The summed E-state index contributed by atoms with van der Waals surface area (Å²) in [5.41, 5.74) is 3.10. The Morgan fingerprint density at radius 2 is 2.33 bits per heavy atom. The molecular weight excluding hydrogens is 227 g/mol. The Labute approximate surface area is 77.8 Å². The maximum absolute atomic E-state index is 11.8. The lowest BCUT2D eigenvalue weighted by Crippen LogP contribution is -2.06. The summed E-state index contributed by atoms with van der Waals surface area (Å²) < 4.78 is 17.2. The van der Waals surface area contributed by atoms with Crippen molar-refractivity contribution < 1.29 is 9.13 Å². The Hall–Kier alpha value is -0.810. The summed E-state index contributed by atoms with van der Waals surface area (Å²) in [5, 5.41) is 0. The molecule has 12 heavy (non-hydrogen) atoms. The third kappa shape index (κ3) is 2.09. The zero-order valence-electron chi connectivity index (χ0n) is 6.18. The molecule has 0 aliphatic carbocycles. The monoisotopic (exact) mass is 234 g/mol. The smallest absolute Gasteiger partial charge is 0.228 e. The van der Waals surface area contributed by atoms with Crippen LogP contribution in [0.5, 0.6) is 5.75 Å². The third-order valence-corrected chi connectivity index (χ3v) is 1.96. The van der Waals surface area contributed by atoms with E-state index in [1.54, 1.807) is 18.2 Å². The second-order valence-corrected chi connectivity index (χ2v) is 2.90. The van der Waals surface area contributed by atoms with Crippen molar-refractivity contribution in [2.24, 2.45) is 5.84 Å². The van der Waals surface area contributed by atoms with Gasteiger partial charge in [0.1, 0.15) is 5.75 Å². The standard InChI is InChI=1S/C7H8BrFN2O/c8-6-2-1-5(11-10)3-7(6)12-4-9/h1-3,11H,4,10H2. The van der Waals surface area contributed by atoms with E-state index in [4.69, 9.17) is 5.84 Å². The summed E-state index contributed by atoms with van der Waals surface area (Å²) in [7, 11) is 0. The number of halogens is 2. The zero-order chi connectivity index (χ0) is 8.97. The lowest BCUT2D eigenvalue weighted by atomic mass is 10.3. The first kappa shape index (κ1) is 9.28. The van der Waals surface area contributed by atoms with Crippen molar-refractivity contribution in [3.63, 3.8) is 0 Å². The van der Waals surface area contributed by atoms with Crippen LogP contribution in [-0.2, 0) is 0 Å². The van der Waals surface area contributed by atoms with E-state index in [9.17, 15) is 4.39 Å². The SMILES string of the molecule is NNc1ccc(Br)c(OCF)c1. The number of nitrogen functional groups attached to an aromatic ring is 1. The average molecular weight is 235 g/mol. The van der Waals surface area contributed by atoms with Crippen LogP contribution in [0.2, 0.25) is 0 Å². The maximum atomic E-state index is 11.8. The van der Waals surface area contributed by atoms with Gasteiger partial charge in [0.05, 0.1) is 10.2 Å². The van der Waals surface area contributed by atoms with Crippen molar-refractivity contribution in [1.82, 2.24) is 0 Å². The molecule has 0 heterocycles. The summed E-state index contributed by atoms with van der Waals surface area (Å²) in [6.07, 6.45) is 0. The Kier molecular flexibility index (Phi) is 3.31. The zero-order valence-corrected chi connectivity index (χ0v) is 7.77. The predicted molar refractivity (Wildman–Crippen MR) is 48.6 cm³/mol. The van der Waals surface area contributed by atoms with Crippen LogP contribution in [-0.4, -0.2) is 6.86 Å². The molecule has 1 aromatic carbocycles. The van der Waals surface area contributed by atoms with Gasteiger partial charge < -0.3 is 10.2 Å². The number of hydrogen-bond donors (Lipinski definition) is 2. The second kappa shape index (κ2) is 4.27. The molecule has 0 bridgehead atoms. The van der Waals surface area contributed by atoms with Crippen molar-refractivity contribution in [3.8, 4) is 5.75 Å². The van der Waals surface area contributed by atoms with Crippen LogP contribution in [0.3, 0.4) is 0 Å². The highest BCUT2D eigenvalue weighted by Crippen LogP contribution is 2.27. The number of alkyl halides is 1. The molecule has 0 saturated heterocycles. The quantitative estimate of drug-likeness (QED) is 0.622. The highest BCUT2D eigenvalue weighted by molar-refractivity contribution is 9.10. The highest BCUT2D eigenvalue weighted by atomic mass is 79.9. The van der Waals surface area contributed by atoms with Gasteiger partial charge in [-0.25, -0.2) is 4.39 Å². The molecule has 0 aliphatic heterocycles. The largest absolute Gasteiger partial charge is 0.462 e. The molecule has 0 unspecified atom stereocenters. The van der Waals surface area contributed by atoms with Crippen molar-refractivity contribution in [2.45, 2.75) is 0 Å². The summed E-state index contributed by atoms with van der Waals surface area (Å²) >= 11 is 3.20. The molecule has 5 heteroatoms. The van der Waals surface area contributed by atoms with E-state index in [0.717, 1.165) is 0 Å². The van der Waals surface area contributed by atoms with E-state index >= 15 is 0 Å². The lowest BCUT2D eigenvalue weighted by Gasteiger charge is -2.06. The fraction of sp³-hybridized carbons (Fsp3) is 0.143. The van der Waals surface area contributed by atoms with Crippen LogP contribution in [0, 0.1) is 0 Å². The minimum Gasteiger partial charge on any atom is -0.462 e. The Bertz CT molecular complexity index is 270. The Morgan fingerprint density at radius 1 is 1.58 bits per heavy atom. The van der Waals surface area contributed by atoms with Crippen molar-refractivity contribution in [2.75, 3.05) is 12.3 Å². The van der Waals surface area contributed by atoms with E-state index in [-0.39, 0.29) is 0 Å². The number of hydrazine groups is 1. The van der Waals surface area contributed by atoms with Crippen molar-refractivity contribution in [3.05, 3.63) is 22.7 Å². The van der Waals surface area contributed by atoms with Gasteiger partial charge in [-0.3, -0.25) is 5.84 Å². The molecule has 0 radical (unpaired) electrons. The summed E-state index contributed by atoms with van der Waals surface area (Å²) in [4.78, 5) is 0. The molecular formula is C7H8BrFN2O. The fourth-order valence-electron chi connectivity index (χ4n) is 0.763. The molecule has 0 aliphatic rings. The molecule has 1 aromatic rings. The molecule has 3 nitrogen and oxygen atoms in total. The van der Waals surface area contributed by atoms with E-state index in [2.05, 4.69) is 26.1 Å². The van der Waals surface area contributed by atoms with Gasteiger partial charge in [0.15, 0.2) is 0 Å². The minimum absolute atomic E-state index is 0.424. The molecule has 1 rings (SSSR count). The normalized spacial score (nSPS) is 9.58. The minimum atomic E-state index is -0.855. The summed E-state index contributed by atoms with van der Waals surface area (Å²) in [5.74, 6) is 5.57. The highest BCUT2D eigenvalue weighted by Gasteiger charge is 2.01. The van der Waals surface area contributed by atoms with E-state index in [1.807, 2.05) is 0 Å². The number of hydrogen-bond acceptors (Lipinski definition) is 3. The van der Waals surface area contributed by atoms with Crippen LogP contribution >= 0.6 is 15.9 Å². The lowest BCUT2D eigenvalue weighted by molar-refractivity contribution is 0.190. The molecule has 0 atom stereocenters. The van der Waals surface area contributed by atoms with Crippen LogP contribution in [0.4, 0.5) is 10.1 Å². The first-order valence-electron chi connectivity index (χ1n) is 3.23. The fourth-order valence-corrected chi connectivity index (χ4v) is 1.12. The second-order valence-electron chi connectivity index (χ2n) is 2.04. The molecule has 0 spiro atoms. The number of nitrogens with two attached hydrogens (primary N) is 1. The average Bonchev–Trinajstić information content (AvgIpc) is 2.09. The molecule has 66 valence electrons. The van der Waals surface area contributed by atoms with Gasteiger partial charge in [0, 0.05) is 6.07 Å². The van der Waals surface area contributed by atoms with Gasteiger partial charge in [-0.2, -0.15) is 0 Å². The van der Waals surface area contributed by atoms with Crippen molar-refractivity contribution >= 4 is 21.6 Å². The molecule has 0 amide bonds. The molecule has 0 aromatic heterocycles. The predicted octanol–water partition coefficient (Wildman–Crippen LogP) is 2.04. The maximum Gasteiger partial charge on any atom is 0.228 e. The first-order chi connectivity index (χ1) is 5.77. The number of nitrogens with one attached hydrogen (secondary N) is 1. The van der Waals surface area contributed by atoms with Gasteiger partial charge in [0.25, 0.3) is 0 Å². The number of benzene rings is 1. The van der Waals surface area contributed by atoms with Crippen LogP contribution in [0.15, 0.2) is 22.7 Å². The van der Waals surface area contributed by atoms with Gasteiger partial charge in [-0.15, -0.1) is 0 Å². The number of anilines is 1. The molecule has 3 N–H and O–H groups in total. The van der Waals surface area contributed by atoms with Gasteiger partial charge >= 0.3 is 0 Å². The van der Waals surface area contributed by atoms with Gasteiger partial charge in [-0.05, 0) is 28.1 Å². The van der Waals surface area contributed by atoms with E-state index < -0.39 is 6.86 Å². The molecule has 0 saturated carbocycles. The van der Waals surface area contributed by atoms with Crippen LogP contribution in [0.25, 0.3) is 0 Å². The first-order valence-corrected chi connectivity index (χ1v) is 4.02. The summed E-state index contributed by atoms with van der Waals surface area (Å²) in [6.45, 7) is -0.855. The Morgan fingerprint density at radius 3 is 2.92 bits per heavy atom.